The van der Waals surface area contributed by atoms with E-state index in [2.05, 4.69) is 15.0 Å². The quantitative estimate of drug-likeness (QED) is 0.708. The lowest BCUT2D eigenvalue weighted by atomic mass is 10.3. The Hall–Kier alpha value is -2.93. The largest absolute Gasteiger partial charge is 0.381 e. The van der Waals surface area contributed by atoms with Crippen LogP contribution in [0.15, 0.2) is 18.7 Å². The Morgan fingerprint density at radius 1 is 1.12 bits per heavy atom. The SMILES string of the molecule is N#Cc1ncn(-c2nccnc2N)c1C#N. The molecular weight excluding hydrogens is 206 g/mol. The van der Waals surface area contributed by atoms with E-state index in [1.54, 1.807) is 0 Å². The van der Waals surface area contributed by atoms with Crippen molar-refractivity contribution < 1.29 is 0 Å². The van der Waals surface area contributed by atoms with Crippen LogP contribution in [-0.4, -0.2) is 19.5 Å². The van der Waals surface area contributed by atoms with Gasteiger partial charge in [-0.25, -0.2) is 15.0 Å². The number of rotatable bonds is 1. The normalized spacial score (nSPS) is 9.38. The fraction of sp³-hybridized carbons (Fsp3) is 0. The highest BCUT2D eigenvalue weighted by atomic mass is 15.1. The van der Waals surface area contributed by atoms with Gasteiger partial charge in [0.15, 0.2) is 23.0 Å². The van der Waals surface area contributed by atoms with E-state index in [-0.39, 0.29) is 23.0 Å². The van der Waals surface area contributed by atoms with E-state index in [1.165, 1.54) is 23.3 Å². The number of hydrogen-bond acceptors (Lipinski definition) is 6. The van der Waals surface area contributed by atoms with Gasteiger partial charge in [0.1, 0.15) is 18.5 Å². The van der Waals surface area contributed by atoms with Crippen molar-refractivity contribution in [3.8, 4) is 18.0 Å². The van der Waals surface area contributed by atoms with Crippen LogP contribution in [-0.2, 0) is 0 Å². The molecule has 0 atom stereocenters. The third kappa shape index (κ3) is 1.33. The maximum atomic E-state index is 8.92. The lowest BCUT2D eigenvalue weighted by Gasteiger charge is -2.03. The van der Waals surface area contributed by atoms with Gasteiger partial charge in [-0.05, 0) is 0 Å². The number of nitrogen functional groups attached to an aromatic ring is 1. The van der Waals surface area contributed by atoms with Crippen LogP contribution in [0.5, 0.6) is 0 Å². The second-order valence-corrected chi connectivity index (χ2v) is 2.80. The van der Waals surface area contributed by atoms with Gasteiger partial charge in [-0.1, -0.05) is 0 Å². The summed E-state index contributed by atoms with van der Waals surface area (Å²) in [4.78, 5) is 11.6. The van der Waals surface area contributed by atoms with Gasteiger partial charge in [0, 0.05) is 12.4 Å². The number of nitrogens with two attached hydrogens (primary N) is 1. The molecule has 0 aromatic carbocycles. The fourth-order valence-electron chi connectivity index (χ4n) is 1.22. The molecule has 2 aromatic heterocycles. The summed E-state index contributed by atoms with van der Waals surface area (Å²) in [7, 11) is 0. The lowest BCUT2D eigenvalue weighted by Crippen LogP contribution is -2.05. The second kappa shape index (κ2) is 3.67. The van der Waals surface area contributed by atoms with Crippen LogP contribution in [0.1, 0.15) is 11.4 Å². The van der Waals surface area contributed by atoms with Crippen LogP contribution >= 0.6 is 0 Å². The Morgan fingerprint density at radius 3 is 2.50 bits per heavy atom. The van der Waals surface area contributed by atoms with Crippen molar-refractivity contribution in [3.63, 3.8) is 0 Å². The first-order valence-corrected chi connectivity index (χ1v) is 4.22. The molecule has 16 heavy (non-hydrogen) atoms. The number of nitriles is 2. The van der Waals surface area contributed by atoms with Crippen molar-refractivity contribution in [2.24, 2.45) is 0 Å². The molecule has 2 aromatic rings. The monoisotopic (exact) mass is 211 g/mol. The van der Waals surface area contributed by atoms with Gasteiger partial charge in [0.05, 0.1) is 0 Å². The number of nitrogens with zero attached hydrogens (tertiary/aromatic N) is 6. The molecule has 0 aliphatic carbocycles. The van der Waals surface area contributed by atoms with Gasteiger partial charge < -0.3 is 5.73 Å². The molecule has 2 heterocycles. The first kappa shape index (κ1) is 9.62. The van der Waals surface area contributed by atoms with Gasteiger partial charge in [0.2, 0.25) is 0 Å². The van der Waals surface area contributed by atoms with E-state index in [0.717, 1.165) is 0 Å². The van der Waals surface area contributed by atoms with E-state index in [0.29, 0.717) is 0 Å². The van der Waals surface area contributed by atoms with E-state index in [4.69, 9.17) is 16.3 Å². The van der Waals surface area contributed by atoms with E-state index in [1.807, 2.05) is 12.1 Å². The summed E-state index contributed by atoms with van der Waals surface area (Å²) in [6, 6.07) is 3.69. The zero-order valence-corrected chi connectivity index (χ0v) is 7.99. The second-order valence-electron chi connectivity index (χ2n) is 2.80. The molecule has 0 bridgehead atoms. The molecule has 0 saturated heterocycles. The minimum Gasteiger partial charge on any atom is -0.381 e. The minimum atomic E-state index is 0.0348. The molecule has 2 rings (SSSR count). The molecule has 76 valence electrons. The minimum absolute atomic E-state index is 0.0348. The van der Waals surface area contributed by atoms with Crippen molar-refractivity contribution in [2.45, 2.75) is 0 Å². The summed E-state index contributed by atoms with van der Waals surface area (Å²) in [6.45, 7) is 0. The van der Waals surface area contributed by atoms with Crippen molar-refractivity contribution >= 4 is 5.82 Å². The van der Waals surface area contributed by atoms with Crippen LogP contribution in [0.4, 0.5) is 5.82 Å². The number of anilines is 1. The van der Waals surface area contributed by atoms with Gasteiger partial charge in [0.25, 0.3) is 0 Å². The number of hydrogen-bond donors (Lipinski definition) is 1. The predicted molar refractivity (Wildman–Crippen MR) is 53.0 cm³/mol. The molecule has 0 radical (unpaired) electrons. The van der Waals surface area contributed by atoms with E-state index >= 15 is 0 Å². The van der Waals surface area contributed by atoms with Gasteiger partial charge in [-0.3, -0.25) is 4.57 Å². The molecule has 7 heteroatoms. The maximum absolute atomic E-state index is 8.92. The number of aromatic nitrogens is 4. The van der Waals surface area contributed by atoms with Crippen LogP contribution < -0.4 is 5.73 Å². The highest BCUT2D eigenvalue weighted by Gasteiger charge is 2.14. The Kier molecular flexibility index (Phi) is 2.21. The highest BCUT2D eigenvalue weighted by molar-refractivity contribution is 5.50. The smallest absolute Gasteiger partial charge is 0.182 e. The zero-order chi connectivity index (χ0) is 11.5. The molecule has 0 aliphatic rings. The summed E-state index contributed by atoms with van der Waals surface area (Å²) in [5.41, 5.74) is 5.74. The third-order valence-corrected chi connectivity index (χ3v) is 1.91. The average molecular weight is 211 g/mol. The molecule has 0 unspecified atom stereocenters. The van der Waals surface area contributed by atoms with E-state index in [9.17, 15) is 0 Å². The summed E-state index contributed by atoms with van der Waals surface area (Å²) < 4.78 is 1.33. The molecule has 0 fully saturated rings. The van der Waals surface area contributed by atoms with Gasteiger partial charge in [-0.15, -0.1) is 0 Å². The Balaban J connectivity index is 2.68. The molecule has 2 N–H and O–H groups in total. The molecule has 0 amide bonds. The predicted octanol–water partition coefficient (Wildman–Crippen LogP) is -0.0121. The Bertz CT molecular complexity index is 614. The first-order valence-electron chi connectivity index (χ1n) is 4.22. The summed E-state index contributed by atoms with van der Waals surface area (Å²) in [6.07, 6.45) is 4.20. The molecular formula is C9H5N7. The zero-order valence-electron chi connectivity index (χ0n) is 7.99. The van der Waals surface area contributed by atoms with Crippen molar-refractivity contribution in [1.29, 1.82) is 10.5 Å². The maximum Gasteiger partial charge on any atom is 0.182 e. The topological polar surface area (TPSA) is 117 Å². The lowest BCUT2D eigenvalue weighted by molar-refractivity contribution is 0.962. The van der Waals surface area contributed by atoms with Crippen molar-refractivity contribution in [2.75, 3.05) is 5.73 Å². The van der Waals surface area contributed by atoms with Crippen LogP contribution in [0, 0.1) is 22.7 Å². The van der Waals surface area contributed by atoms with Crippen molar-refractivity contribution in [1.82, 2.24) is 19.5 Å². The summed E-state index contributed by atoms with van der Waals surface area (Å²) >= 11 is 0. The van der Waals surface area contributed by atoms with Gasteiger partial charge in [-0.2, -0.15) is 10.5 Å². The van der Waals surface area contributed by atoms with Crippen LogP contribution in [0.2, 0.25) is 0 Å². The summed E-state index contributed by atoms with van der Waals surface area (Å²) in [5.74, 6) is 0.453. The van der Waals surface area contributed by atoms with Crippen LogP contribution in [0.3, 0.4) is 0 Å². The first-order chi connectivity index (χ1) is 7.77. The molecule has 0 aliphatic heterocycles. The Morgan fingerprint density at radius 2 is 1.88 bits per heavy atom. The molecule has 0 spiro atoms. The van der Waals surface area contributed by atoms with E-state index < -0.39 is 0 Å². The van der Waals surface area contributed by atoms with Crippen LogP contribution in [0.25, 0.3) is 5.82 Å². The van der Waals surface area contributed by atoms with Gasteiger partial charge >= 0.3 is 0 Å². The van der Waals surface area contributed by atoms with Crippen molar-refractivity contribution in [3.05, 3.63) is 30.1 Å². The fourth-order valence-corrected chi connectivity index (χ4v) is 1.22. The highest BCUT2D eigenvalue weighted by Crippen LogP contribution is 2.15. The molecule has 7 nitrogen and oxygen atoms in total. The Labute approximate surface area is 90.4 Å². The third-order valence-electron chi connectivity index (χ3n) is 1.91. The average Bonchev–Trinajstić information content (AvgIpc) is 2.72. The molecule has 0 saturated carbocycles. The summed E-state index contributed by atoms with van der Waals surface area (Å²) in [5, 5.41) is 17.7. The standard InChI is InChI=1S/C9H5N7/c10-3-6-7(4-11)16(5-15-6)9-8(12)13-1-2-14-9/h1-2,5H,(H2,12,13). The number of imidazole rings is 1.